The Morgan fingerprint density at radius 2 is 1.41 bits per heavy atom. The van der Waals surface area contributed by atoms with Crippen molar-refractivity contribution in [3.63, 3.8) is 0 Å². The van der Waals surface area contributed by atoms with Crippen LogP contribution >= 0.6 is 0 Å². The summed E-state index contributed by atoms with van der Waals surface area (Å²) in [7, 11) is 3.82. The van der Waals surface area contributed by atoms with Crippen molar-refractivity contribution >= 4 is 11.1 Å². The lowest BCUT2D eigenvalue weighted by molar-refractivity contribution is 0.318. The van der Waals surface area contributed by atoms with Crippen molar-refractivity contribution in [2.45, 2.75) is 26.3 Å². The van der Waals surface area contributed by atoms with Crippen molar-refractivity contribution in [3.8, 4) is 11.5 Å². The normalized spacial score (nSPS) is 12.6. The van der Waals surface area contributed by atoms with Crippen LogP contribution in [0.5, 0.6) is 11.5 Å². The zero-order valence-corrected chi connectivity index (χ0v) is 20.7. The van der Waals surface area contributed by atoms with E-state index < -0.39 is 0 Å². The molecule has 4 nitrogen and oxygen atoms in total. The van der Waals surface area contributed by atoms with Gasteiger partial charge in [-0.2, -0.15) is 0 Å². The number of benzene rings is 3. The van der Waals surface area contributed by atoms with Crippen LogP contribution in [0.2, 0.25) is 0 Å². The second-order valence-electron chi connectivity index (χ2n) is 8.15. The van der Waals surface area contributed by atoms with Crippen molar-refractivity contribution in [1.82, 2.24) is 10.6 Å². The van der Waals surface area contributed by atoms with Crippen LogP contribution in [-0.4, -0.2) is 33.3 Å². The first-order valence-corrected chi connectivity index (χ1v) is 11.9. The molecule has 0 heterocycles. The van der Waals surface area contributed by atoms with Gasteiger partial charge in [0.25, 0.3) is 0 Å². The molecule has 3 aromatic rings. The third kappa shape index (κ3) is 6.60. The van der Waals surface area contributed by atoms with Crippen molar-refractivity contribution in [2.75, 3.05) is 27.2 Å². The second-order valence-corrected chi connectivity index (χ2v) is 8.15. The second kappa shape index (κ2) is 12.8. The molecular formula is C30H36N2O2. The molecule has 0 aliphatic heterocycles. The minimum absolute atomic E-state index is 0.0775. The molecule has 0 spiro atoms. The van der Waals surface area contributed by atoms with Gasteiger partial charge < -0.3 is 20.1 Å². The van der Waals surface area contributed by atoms with Crippen LogP contribution in [0.3, 0.4) is 0 Å². The van der Waals surface area contributed by atoms with E-state index >= 15 is 0 Å². The minimum Gasteiger partial charge on any atom is -0.492 e. The van der Waals surface area contributed by atoms with Gasteiger partial charge >= 0.3 is 0 Å². The van der Waals surface area contributed by atoms with Gasteiger partial charge in [-0.3, -0.25) is 0 Å². The van der Waals surface area contributed by atoms with Crippen molar-refractivity contribution in [3.05, 3.63) is 108 Å². The van der Waals surface area contributed by atoms with Gasteiger partial charge in [0, 0.05) is 6.54 Å². The first-order chi connectivity index (χ1) is 16.6. The van der Waals surface area contributed by atoms with E-state index in [2.05, 4.69) is 78.7 Å². The number of hydrogen-bond acceptors (Lipinski definition) is 4. The third-order valence-corrected chi connectivity index (χ3v) is 5.85. The number of allylic oxidation sites excluding steroid dienone is 1. The van der Waals surface area contributed by atoms with Crippen LogP contribution in [0.15, 0.2) is 91.2 Å². The Morgan fingerprint density at radius 3 is 1.94 bits per heavy atom. The molecule has 0 radical (unpaired) electrons. The zero-order valence-electron chi connectivity index (χ0n) is 20.7. The predicted molar refractivity (Wildman–Crippen MR) is 143 cm³/mol. The van der Waals surface area contributed by atoms with Crippen molar-refractivity contribution in [1.29, 1.82) is 0 Å². The molecule has 34 heavy (non-hydrogen) atoms. The Bertz CT molecular complexity index is 1070. The molecule has 0 saturated carbocycles. The van der Waals surface area contributed by atoms with Gasteiger partial charge in [-0.25, -0.2) is 0 Å². The molecular weight excluding hydrogens is 420 g/mol. The lowest BCUT2D eigenvalue weighted by Gasteiger charge is -2.18. The zero-order chi connectivity index (χ0) is 24.3. The third-order valence-electron chi connectivity index (χ3n) is 5.85. The highest BCUT2D eigenvalue weighted by Gasteiger charge is 2.14. The molecule has 1 atom stereocenters. The van der Waals surface area contributed by atoms with Gasteiger partial charge in [0.1, 0.15) is 23.9 Å². The standard InChI is InChI=1S/C30H36N2O2/c1-6-29(24-10-8-7-9-11-24)30(25-12-16-27(17-13-25)33-21-20-31-4)26-14-18-28(19-15-26)34-23(3)22(2)32-5/h7-19,22,31-32H,3,6,20-21H2,1-2,4-5H3/b30-29-/t22-/m0/s1. The maximum absolute atomic E-state index is 5.95. The van der Waals surface area contributed by atoms with Crippen molar-refractivity contribution < 1.29 is 9.47 Å². The Morgan fingerprint density at radius 1 is 0.824 bits per heavy atom. The summed E-state index contributed by atoms with van der Waals surface area (Å²) in [6.45, 7) is 9.72. The topological polar surface area (TPSA) is 42.5 Å². The van der Waals surface area contributed by atoms with Crippen LogP contribution in [0.4, 0.5) is 0 Å². The van der Waals surface area contributed by atoms with E-state index in [4.69, 9.17) is 9.47 Å². The Hall–Kier alpha value is -3.34. The molecule has 0 aromatic heterocycles. The van der Waals surface area contributed by atoms with Crippen LogP contribution < -0.4 is 20.1 Å². The van der Waals surface area contributed by atoms with E-state index in [0.29, 0.717) is 12.4 Å². The van der Waals surface area contributed by atoms with Crippen LogP contribution in [0.25, 0.3) is 11.1 Å². The summed E-state index contributed by atoms with van der Waals surface area (Å²) in [6, 6.07) is 27.3. The molecule has 0 aliphatic carbocycles. The molecule has 3 rings (SSSR count). The number of rotatable bonds is 12. The lowest BCUT2D eigenvalue weighted by Crippen LogP contribution is -2.25. The summed E-state index contributed by atoms with van der Waals surface area (Å²) in [5.41, 5.74) is 6.04. The van der Waals surface area contributed by atoms with Crippen LogP contribution in [0, 0.1) is 0 Å². The quantitative estimate of drug-likeness (QED) is 0.195. The fourth-order valence-corrected chi connectivity index (χ4v) is 3.76. The van der Waals surface area contributed by atoms with E-state index in [1.54, 1.807) is 0 Å². The average molecular weight is 457 g/mol. The summed E-state index contributed by atoms with van der Waals surface area (Å²) in [4.78, 5) is 0. The van der Waals surface area contributed by atoms with Gasteiger partial charge in [0.05, 0.1) is 6.04 Å². The Labute approximate surface area is 204 Å². The van der Waals surface area contributed by atoms with Gasteiger partial charge in [-0.1, -0.05) is 68.1 Å². The van der Waals surface area contributed by atoms with Gasteiger partial charge in [0.15, 0.2) is 0 Å². The number of hydrogen-bond donors (Lipinski definition) is 2. The SMILES string of the molecule is C=C(Oc1ccc(/C(=C(/CC)c2ccccc2)c2ccc(OCCNC)cc2)cc1)[C@H](C)NC. The Kier molecular flexibility index (Phi) is 9.51. The molecule has 0 saturated heterocycles. The first-order valence-electron chi connectivity index (χ1n) is 11.9. The molecule has 0 aliphatic rings. The summed E-state index contributed by atoms with van der Waals surface area (Å²) in [5.74, 6) is 2.34. The average Bonchev–Trinajstić information content (AvgIpc) is 2.88. The van der Waals surface area contributed by atoms with Gasteiger partial charge in [-0.05, 0) is 79.5 Å². The largest absolute Gasteiger partial charge is 0.492 e. The Balaban J connectivity index is 1.99. The van der Waals surface area contributed by atoms with Gasteiger partial charge in [-0.15, -0.1) is 0 Å². The molecule has 0 amide bonds. The van der Waals surface area contributed by atoms with Crippen molar-refractivity contribution in [2.24, 2.45) is 0 Å². The number of nitrogens with one attached hydrogen (secondary N) is 2. The van der Waals surface area contributed by atoms with Gasteiger partial charge in [0.2, 0.25) is 0 Å². The molecule has 0 unspecified atom stereocenters. The summed E-state index contributed by atoms with van der Waals surface area (Å²) >= 11 is 0. The van der Waals surface area contributed by atoms with E-state index in [0.717, 1.165) is 35.6 Å². The molecule has 0 bridgehead atoms. The first kappa shape index (κ1) is 25.3. The lowest BCUT2D eigenvalue weighted by atomic mass is 9.88. The van der Waals surface area contributed by atoms with E-state index in [1.807, 2.05) is 45.3 Å². The minimum atomic E-state index is 0.0775. The van der Waals surface area contributed by atoms with E-state index in [1.165, 1.54) is 16.7 Å². The monoisotopic (exact) mass is 456 g/mol. The summed E-state index contributed by atoms with van der Waals surface area (Å²) in [6.07, 6.45) is 0.911. The number of ether oxygens (including phenoxy) is 2. The predicted octanol–water partition coefficient (Wildman–Crippen LogP) is 6.15. The highest BCUT2D eigenvalue weighted by molar-refractivity contribution is 5.98. The molecule has 2 N–H and O–H groups in total. The summed E-state index contributed by atoms with van der Waals surface area (Å²) < 4.78 is 11.8. The fraction of sp³-hybridized carbons (Fsp3) is 0.267. The van der Waals surface area contributed by atoms with Crippen LogP contribution in [0.1, 0.15) is 37.0 Å². The fourth-order valence-electron chi connectivity index (χ4n) is 3.76. The summed E-state index contributed by atoms with van der Waals surface area (Å²) in [5, 5.41) is 6.26. The molecule has 178 valence electrons. The maximum Gasteiger partial charge on any atom is 0.127 e. The highest BCUT2D eigenvalue weighted by atomic mass is 16.5. The number of likely N-dealkylation sites (N-methyl/N-ethyl adjacent to an activating group) is 2. The molecule has 0 fully saturated rings. The highest BCUT2D eigenvalue weighted by Crippen LogP contribution is 2.35. The maximum atomic E-state index is 5.95. The smallest absolute Gasteiger partial charge is 0.127 e. The van der Waals surface area contributed by atoms with E-state index in [-0.39, 0.29) is 6.04 Å². The van der Waals surface area contributed by atoms with Crippen LogP contribution in [-0.2, 0) is 0 Å². The molecule has 4 heteroatoms. The van der Waals surface area contributed by atoms with E-state index in [9.17, 15) is 0 Å². The molecule has 3 aromatic carbocycles.